The maximum Gasteiger partial charge on any atom is 0.126 e. The lowest BCUT2D eigenvalue weighted by Gasteiger charge is -2.41. The van der Waals surface area contributed by atoms with Gasteiger partial charge in [0.15, 0.2) is 0 Å². The highest BCUT2D eigenvalue weighted by Gasteiger charge is 2.46. The predicted molar refractivity (Wildman–Crippen MR) is 80.1 cm³/mol. The first-order valence-electron chi connectivity index (χ1n) is 7.43. The van der Waals surface area contributed by atoms with Gasteiger partial charge in [-0.15, -0.1) is 0 Å². The number of benzene rings is 1. The molecule has 0 saturated heterocycles. The van der Waals surface area contributed by atoms with E-state index in [9.17, 15) is 4.79 Å². The van der Waals surface area contributed by atoms with E-state index in [1.807, 2.05) is 6.92 Å². The fourth-order valence-corrected chi connectivity index (χ4v) is 4.17. The van der Waals surface area contributed by atoms with Crippen LogP contribution in [0.3, 0.4) is 0 Å². The SMILES string of the molecule is COc1ccc2c(c1)CC[C@]1(C)C([C@H](C)C=O)=CC[C@@H]21. The number of methoxy groups -OCH3 is 1. The number of allylic oxidation sites excluding steroid dienone is 2. The van der Waals surface area contributed by atoms with Crippen LogP contribution in [0, 0.1) is 11.3 Å². The Balaban J connectivity index is 1.99. The molecule has 0 aromatic heterocycles. The van der Waals surface area contributed by atoms with Gasteiger partial charge in [-0.05, 0) is 53.9 Å². The molecule has 0 radical (unpaired) electrons. The summed E-state index contributed by atoms with van der Waals surface area (Å²) < 4.78 is 5.33. The molecule has 106 valence electrons. The van der Waals surface area contributed by atoms with Gasteiger partial charge < -0.3 is 9.53 Å². The smallest absolute Gasteiger partial charge is 0.126 e. The first kappa shape index (κ1) is 13.4. The summed E-state index contributed by atoms with van der Waals surface area (Å²) in [5, 5.41) is 0. The summed E-state index contributed by atoms with van der Waals surface area (Å²) >= 11 is 0. The van der Waals surface area contributed by atoms with Crippen molar-refractivity contribution < 1.29 is 9.53 Å². The lowest BCUT2D eigenvalue weighted by Crippen LogP contribution is -2.31. The normalized spacial score (nSPS) is 29.1. The fourth-order valence-electron chi connectivity index (χ4n) is 4.17. The number of aldehydes is 1. The van der Waals surface area contributed by atoms with Gasteiger partial charge in [0, 0.05) is 5.92 Å². The summed E-state index contributed by atoms with van der Waals surface area (Å²) in [5.41, 5.74) is 4.37. The quantitative estimate of drug-likeness (QED) is 0.615. The molecule has 0 unspecified atom stereocenters. The molecule has 3 atom stereocenters. The number of fused-ring (bicyclic) bond motifs is 3. The molecular formula is C18H22O2. The van der Waals surface area contributed by atoms with Gasteiger partial charge in [0.1, 0.15) is 12.0 Å². The Kier molecular flexibility index (Phi) is 3.19. The highest BCUT2D eigenvalue weighted by Crippen LogP contribution is 2.57. The average Bonchev–Trinajstić information content (AvgIpc) is 2.83. The molecule has 0 heterocycles. The van der Waals surface area contributed by atoms with Crippen LogP contribution in [-0.4, -0.2) is 13.4 Å². The van der Waals surface area contributed by atoms with E-state index < -0.39 is 0 Å². The fraction of sp³-hybridized carbons (Fsp3) is 0.500. The Hall–Kier alpha value is -1.57. The monoisotopic (exact) mass is 270 g/mol. The van der Waals surface area contributed by atoms with Gasteiger partial charge >= 0.3 is 0 Å². The Bertz CT molecular complexity index is 573. The molecular weight excluding hydrogens is 248 g/mol. The van der Waals surface area contributed by atoms with Crippen molar-refractivity contribution in [2.24, 2.45) is 11.3 Å². The zero-order valence-electron chi connectivity index (χ0n) is 12.5. The average molecular weight is 270 g/mol. The Morgan fingerprint density at radius 1 is 1.45 bits per heavy atom. The van der Waals surface area contributed by atoms with E-state index in [2.05, 4.69) is 31.2 Å². The lowest BCUT2D eigenvalue weighted by atomic mass is 9.62. The summed E-state index contributed by atoms with van der Waals surface area (Å²) in [7, 11) is 1.72. The van der Waals surface area contributed by atoms with Crippen LogP contribution in [0.5, 0.6) is 5.75 Å². The molecule has 0 saturated carbocycles. The molecule has 0 N–H and O–H groups in total. The second kappa shape index (κ2) is 4.76. The number of rotatable bonds is 3. The first-order valence-corrected chi connectivity index (χ1v) is 7.43. The third kappa shape index (κ3) is 1.81. The molecule has 1 aromatic carbocycles. The highest BCUT2D eigenvalue weighted by atomic mass is 16.5. The number of ether oxygens (including phenoxy) is 1. The molecule has 0 fully saturated rings. The van der Waals surface area contributed by atoms with Crippen molar-refractivity contribution in [3.05, 3.63) is 41.0 Å². The summed E-state index contributed by atoms with van der Waals surface area (Å²) in [6.45, 7) is 4.36. The molecule has 1 aromatic rings. The van der Waals surface area contributed by atoms with Crippen molar-refractivity contribution in [2.45, 2.75) is 39.0 Å². The lowest BCUT2D eigenvalue weighted by molar-refractivity contribution is -0.110. The van der Waals surface area contributed by atoms with Crippen LogP contribution in [0.1, 0.15) is 43.7 Å². The van der Waals surface area contributed by atoms with E-state index in [4.69, 9.17) is 4.74 Å². The zero-order valence-corrected chi connectivity index (χ0v) is 12.5. The maximum atomic E-state index is 11.2. The van der Waals surface area contributed by atoms with Gasteiger partial charge in [0.25, 0.3) is 0 Å². The molecule has 0 bridgehead atoms. The maximum absolute atomic E-state index is 11.2. The minimum Gasteiger partial charge on any atom is -0.497 e. The van der Waals surface area contributed by atoms with Crippen LogP contribution in [0.15, 0.2) is 29.8 Å². The summed E-state index contributed by atoms with van der Waals surface area (Å²) in [6.07, 6.45) is 6.65. The number of hydrogen-bond acceptors (Lipinski definition) is 2. The molecule has 2 heteroatoms. The van der Waals surface area contributed by atoms with Crippen molar-refractivity contribution in [1.29, 1.82) is 0 Å². The summed E-state index contributed by atoms with van der Waals surface area (Å²) in [4.78, 5) is 11.2. The third-order valence-electron chi connectivity index (χ3n) is 5.34. The first-order chi connectivity index (χ1) is 9.60. The molecule has 0 spiro atoms. The molecule has 3 rings (SSSR count). The molecule has 2 nitrogen and oxygen atoms in total. The van der Waals surface area contributed by atoms with E-state index >= 15 is 0 Å². The van der Waals surface area contributed by atoms with Crippen LogP contribution in [-0.2, 0) is 11.2 Å². The van der Waals surface area contributed by atoms with Gasteiger partial charge in [0.05, 0.1) is 7.11 Å². The Morgan fingerprint density at radius 3 is 2.95 bits per heavy atom. The zero-order chi connectivity index (χ0) is 14.3. The predicted octanol–water partition coefficient (Wildman–Crippen LogP) is 3.90. The van der Waals surface area contributed by atoms with Crippen molar-refractivity contribution in [3.8, 4) is 5.75 Å². The molecule has 2 aliphatic rings. The minimum atomic E-state index is 0.0461. The number of carbonyl (C=O) groups is 1. The number of hydrogen-bond donors (Lipinski definition) is 0. The van der Waals surface area contributed by atoms with E-state index in [0.717, 1.165) is 31.3 Å². The molecule has 0 amide bonds. The van der Waals surface area contributed by atoms with Crippen molar-refractivity contribution >= 4 is 6.29 Å². The van der Waals surface area contributed by atoms with Gasteiger partial charge in [-0.1, -0.05) is 31.6 Å². The van der Waals surface area contributed by atoms with Gasteiger partial charge in [-0.3, -0.25) is 0 Å². The van der Waals surface area contributed by atoms with Gasteiger partial charge in [-0.2, -0.15) is 0 Å². The molecule has 20 heavy (non-hydrogen) atoms. The van der Waals surface area contributed by atoms with E-state index in [-0.39, 0.29) is 11.3 Å². The van der Waals surface area contributed by atoms with Crippen LogP contribution in [0.4, 0.5) is 0 Å². The Morgan fingerprint density at radius 2 is 2.25 bits per heavy atom. The van der Waals surface area contributed by atoms with Crippen molar-refractivity contribution in [2.75, 3.05) is 7.11 Å². The molecule has 2 aliphatic carbocycles. The van der Waals surface area contributed by atoms with Gasteiger partial charge in [-0.25, -0.2) is 0 Å². The summed E-state index contributed by atoms with van der Waals surface area (Å²) in [5.74, 6) is 1.51. The number of carbonyl (C=O) groups excluding carboxylic acids is 1. The van der Waals surface area contributed by atoms with E-state index in [0.29, 0.717) is 5.92 Å². The molecule has 0 aliphatic heterocycles. The van der Waals surface area contributed by atoms with Crippen LogP contribution < -0.4 is 4.74 Å². The third-order valence-corrected chi connectivity index (χ3v) is 5.34. The van der Waals surface area contributed by atoms with Crippen molar-refractivity contribution in [1.82, 2.24) is 0 Å². The van der Waals surface area contributed by atoms with Crippen LogP contribution in [0.2, 0.25) is 0 Å². The second-order valence-electron chi connectivity index (χ2n) is 6.35. The van der Waals surface area contributed by atoms with E-state index in [1.165, 1.54) is 16.7 Å². The number of aryl methyl sites for hydroxylation is 1. The minimum absolute atomic E-state index is 0.0461. The van der Waals surface area contributed by atoms with Crippen LogP contribution in [0.25, 0.3) is 0 Å². The Labute approximate surface area is 120 Å². The van der Waals surface area contributed by atoms with E-state index in [1.54, 1.807) is 7.11 Å². The van der Waals surface area contributed by atoms with Crippen LogP contribution >= 0.6 is 0 Å². The second-order valence-corrected chi connectivity index (χ2v) is 6.35. The van der Waals surface area contributed by atoms with Gasteiger partial charge in [0.2, 0.25) is 0 Å². The van der Waals surface area contributed by atoms with Crippen molar-refractivity contribution in [3.63, 3.8) is 0 Å². The summed E-state index contributed by atoms with van der Waals surface area (Å²) in [6, 6.07) is 6.46. The highest BCUT2D eigenvalue weighted by molar-refractivity contribution is 5.61. The topological polar surface area (TPSA) is 26.3 Å². The standard InChI is InChI=1S/C18H22O2/c1-12(11-19)16-6-7-17-15-5-4-14(20-3)10-13(15)8-9-18(16,17)2/h4-6,10-12,17H,7-9H2,1-3H3/t12-,17+,18-/m1/s1. The largest absolute Gasteiger partial charge is 0.497 e.